The summed E-state index contributed by atoms with van der Waals surface area (Å²) in [6.45, 7) is 5.56. The van der Waals surface area contributed by atoms with Crippen LogP contribution < -0.4 is 11.5 Å². The molecule has 3 heteroatoms. The molecule has 94 valence electrons. The predicted molar refractivity (Wildman–Crippen MR) is 68.1 cm³/mol. The van der Waals surface area contributed by atoms with Crippen molar-refractivity contribution in [3.8, 4) is 0 Å². The zero-order chi connectivity index (χ0) is 11.4. The van der Waals surface area contributed by atoms with E-state index in [-0.39, 0.29) is 0 Å². The van der Waals surface area contributed by atoms with Crippen molar-refractivity contribution in [1.82, 2.24) is 4.90 Å². The molecule has 3 atom stereocenters. The van der Waals surface area contributed by atoms with Crippen LogP contribution in [0.15, 0.2) is 0 Å². The predicted octanol–water partition coefficient (Wildman–Crippen LogP) is 1.03. The fraction of sp³-hybridized carbons (Fsp3) is 1.00. The molecule has 0 radical (unpaired) electrons. The molecular weight excluding hydrogens is 198 g/mol. The van der Waals surface area contributed by atoms with Crippen LogP contribution in [0.3, 0.4) is 0 Å². The highest BCUT2D eigenvalue weighted by atomic mass is 15.1. The molecule has 0 amide bonds. The van der Waals surface area contributed by atoms with Gasteiger partial charge in [0.25, 0.3) is 0 Å². The number of rotatable bonds is 4. The van der Waals surface area contributed by atoms with Crippen molar-refractivity contribution in [3.05, 3.63) is 0 Å². The molecule has 2 fully saturated rings. The van der Waals surface area contributed by atoms with Gasteiger partial charge >= 0.3 is 0 Å². The van der Waals surface area contributed by atoms with E-state index in [9.17, 15) is 0 Å². The van der Waals surface area contributed by atoms with Gasteiger partial charge in [-0.15, -0.1) is 0 Å². The van der Waals surface area contributed by atoms with Gasteiger partial charge in [-0.05, 0) is 63.1 Å². The Kier molecular flexibility index (Phi) is 4.62. The van der Waals surface area contributed by atoms with Gasteiger partial charge < -0.3 is 16.4 Å². The Balaban J connectivity index is 1.73. The van der Waals surface area contributed by atoms with Crippen LogP contribution in [0.1, 0.15) is 32.1 Å². The summed E-state index contributed by atoms with van der Waals surface area (Å²) in [6, 6.07) is 0. The molecule has 2 aliphatic rings. The van der Waals surface area contributed by atoms with Crippen molar-refractivity contribution < 1.29 is 0 Å². The summed E-state index contributed by atoms with van der Waals surface area (Å²) < 4.78 is 0. The van der Waals surface area contributed by atoms with Crippen LogP contribution in [-0.4, -0.2) is 37.6 Å². The molecule has 0 aromatic rings. The van der Waals surface area contributed by atoms with Crippen LogP contribution in [0, 0.1) is 17.8 Å². The maximum atomic E-state index is 5.79. The van der Waals surface area contributed by atoms with E-state index >= 15 is 0 Å². The van der Waals surface area contributed by atoms with Gasteiger partial charge in [0, 0.05) is 13.1 Å². The minimum atomic E-state index is 0.758. The third-order valence-corrected chi connectivity index (χ3v) is 4.44. The van der Waals surface area contributed by atoms with Crippen LogP contribution in [0.4, 0.5) is 0 Å². The first-order valence-corrected chi connectivity index (χ1v) is 6.94. The number of hydrogen-bond acceptors (Lipinski definition) is 3. The average Bonchev–Trinajstić information content (AvgIpc) is 2.77. The van der Waals surface area contributed by atoms with Crippen LogP contribution >= 0.6 is 0 Å². The van der Waals surface area contributed by atoms with E-state index in [0.29, 0.717) is 0 Å². The molecule has 0 bridgehead atoms. The molecule has 1 saturated carbocycles. The monoisotopic (exact) mass is 225 g/mol. The van der Waals surface area contributed by atoms with Gasteiger partial charge in [0.05, 0.1) is 0 Å². The largest absolute Gasteiger partial charge is 0.330 e. The maximum absolute atomic E-state index is 5.79. The molecule has 4 N–H and O–H groups in total. The summed E-state index contributed by atoms with van der Waals surface area (Å²) >= 11 is 0. The summed E-state index contributed by atoms with van der Waals surface area (Å²) in [5.41, 5.74) is 11.5. The minimum Gasteiger partial charge on any atom is -0.330 e. The molecule has 1 aliphatic heterocycles. The minimum absolute atomic E-state index is 0.758. The number of likely N-dealkylation sites (tertiary alicyclic amines) is 1. The van der Waals surface area contributed by atoms with E-state index in [1.807, 2.05) is 0 Å². The molecular formula is C13H27N3. The Hall–Kier alpha value is -0.120. The Labute approximate surface area is 99.5 Å². The van der Waals surface area contributed by atoms with Gasteiger partial charge in [-0.25, -0.2) is 0 Å². The molecule has 16 heavy (non-hydrogen) atoms. The summed E-state index contributed by atoms with van der Waals surface area (Å²) in [7, 11) is 0. The molecule has 0 aromatic heterocycles. The highest BCUT2D eigenvalue weighted by Crippen LogP contribution is 2.30. The SMILES string of the molecule is NCC1CCN(C[C@@H]2CCC[C@H](CN)C2)C1. The molecule has 0 spiro atoms. The van der Waals surface area contributed by atoms with Gasteiger partial charge in [-0.1, -0.05) is 6.42 Å². The first kappa shape index (κ1) is 12.3. The van der Waals surface area contributed by atoms with Crippen LogP contribution in [0.5, 0.6) is 0 Å². The fourth-order valence-electron chi connectivity index (χ4n) is 3.42. The smallest absolute Gasteiger partial charge is 0.00223 e. The van der Waals surface area contributed by atoms with Gasteiger partial charge in [-0.3, -0.25) is 0 Å². The van der Waals surface area contributed by atoms with Gasteiger partial charge in [0.2, 0.25) is 0 Å². The standard InChI is InChI=1S/C13H27N3/c14-7-11-2-1-3-12(6-11)9-16-5-4-13(8-15)10-16/h11-13H,1-10,14-15H2/t11-,12+,13?/m0/s1. The van der Waals surface area contributed by atoms with E-state index < -0.39 is 0 Å². The molecule has 0 aromatic carbocycles. The molecule has 1 heterocycles. The van der Waals surface area contributed by atoms with Crippen molar-refractivity contribution in [2.75, 3.05) is 32.7 Å². The zero-order valence-corrected chi connectivity index (χ0v) is 10.4. The van der Waals surface area contributed by atoms with Crippen molar-refractivity contribution in [2.24, 2.45) is 29.2 Å². The summed E-state index contributed by atoms with van der Waals surface area (Å²) in [5.74, 6) is 2.46. The highest BCUT2D eigenvalue weighted by molar-refractivity contribution is 4.81. The Morgan fingerprint density at radius 1 is 0.938 bits per heavy atom. The lowest BCUT2D eigenvalue weighted by Gasteiger charge is -2.31. The third kappa shape index (κ3) is 3.19. The lowest BCUT2D eigenvalue weighted by molar-refractivity contribution is 0.195. The van der Waals surface area contributed by atoms with Gasteiger partial charge in [0.1, 0.15) is 0 Å². The van der Waals surface area contributed by atoms with E-state index in [1.54, 1.807) is 0 Å². The van der Waals surface area contributed by atoms with Crippen LogP contribution in [0.25, 0.3) is 0 Å². The Morgan fingerprint density at radius 2 is 1.69 bits per heavy atom. The summed E-state index contributed by atoms with van der Waals surface area (Å²) in [5, 5.41) is 0. The number of hydrogen-bond donors (Lipinski definition) is 2. The lowest BCUT2D eigenvalue weighted by atomic mass is 9.81. The zero-order valence-electron chi connectivity index (χ0n) is 10.4. The van der Waals surface area contributed by atoms with Gasteiger partial charge in [0.15, 0.2) is 0 Å². The molecule has 1 aliphatic carbocycles. The van der Waals surface area contributed by atoms with Gasteiger partial charge in [-0.2, -0.15) is 0 Å². The second-order valence-electron chi connectivity index (χ2n) is 5.78. The van der Waals surface area contributed by atoms with Crippen molar-refractivity contribution >= 4 is 0 Å². The molecule has 1 saturated heterocycles. The Bertz CT molecular complexity index is 207. The first-order chi connectivity index (χ1) is 7.81. The van der Waals surface area contributed by atoms with Crippen LogP contribution in [0.2, 0.25) is 0 Å². The second kappa shape index (κ2) is 5.99. The lowest BCUT2D eigenvalue weighted by Crippen LogP contribution is -2.32. The molecule has 2 rings (SSSR count). The maximum Gasteiger partial charge on any atom is 0.00223 e. The Morgan fingerprint density at radius 3 is 2.38 bits per heavy atom. The van der Waals surface area contributed by atoms with Crippen LogP contribution in [-0.2, 0) is 0 Å². The highest BCUT2D eigenvalue weighted by Gasteiger charge is 2.26. The average molecular weight is 225 g/mol. The van der Waals surface area contributed by atoms with E-state index in [1.165, 1.54) is 51.7 Å². The van der Waals surface area contributed by atoms with Crippen molar-refractivity contribution in [2.45, 2.75) is 32.1 Å². The topological polar surface area (TPSA) is 55.3 Å². The quantitative estimate of drug-likeness (QED) is 0.751. The van der Waals surface area contributed by atoms with Crippen molar-refractivity contribution in [1.29, 1.82) is 0 Å². The van der Waals surface area contributed by atoms with E-state index in [2.05, 4.69) is 4.90 Å². The van der Waals surface area contributed by atoms with E-state index in [0.717, 1.165) is 30.8 Å². The second-order valence-corrected chi connectivity index (χ2v) is 5.78. The van der Waals surface area contributed by atoms with Crippen molar-refractivity contribution in [3.63, 3.8) is 0 Å². The molecule has 1 unspecified atom stereocenters. The van der Waals surface area contributed by atoms with E-state index in [4.69, 9.17) is 11.5 Å². The summed E-state index contributed by atoms with van der Waals surface area (Å²) in [6.07, 6.45) is 6.84. The molecule has 3 nitrogen and oxygen atoms in total. The number of nitrogens with two attached hydrogens (primary N) is 2. The first-order valence-electron chi connectivity index (χ1n) is 6.94. The number of nitrogens with zero attached hydrogens (tertiary/aromatic N) is 1. The third-order valence-electron chi connectivity index (χ3n) is 4.44. The fourth-order valence-corrected chi connectivity index (χ4v) is 3.42. The normalized spacial score (nSPS) is 36.8. The summed E-state index contributed by atoms with van der Waals surface area (Å²) in [4.78, 5) is 2.63.